The van der Waals surface area contributed by atoms with Gasteiger partial charge in [0.05, 0.1) is 5.92 Å². The zero-order chi connectivity index (χ0) is 20.6. The second-order valence-electron chi connectivity index (χ2n) is 7.88. The molecule has 1 aliphatic heterocycles. The van der Waals surface area contributed by atoms with Crippen LogP contribution in [0.1, 0.15) is 28.2 Å². The second kappa shape index (κ2) is 5.60. The van der Waals surface area contributed by atoms with Gasteiger partial charge in [-0.1, -0.05) is 54.6 Å². The highest BCUT2D eigenvalue weighted by atomic mass is 16.6. The van der Waals surface area contributed by atoms with Crippen molar-refractivity contribution >= 4 is 17.6 Å². The summed E-state index contributed by atoms with van der Waals surface area (Å²) in [6, 6.07) is 19.2. The van der Waals surface area contributed by atoms with Crippen molar-refractivity contribution in [3.63, 3.8) is 0 Å². The van der Waals surface area contributed by atoms with Crippen molar-refractivity contribution < 1.29 is 14.5 Å². The number of nitrogens with zero attached hydrogens (tertiary/aromatic N) is 3. The average molecular weight is 397 g/mol. The number of carbonyl (C=O) groups is 2. The van der Waals surface area contributed by atoms with Crippen LogP contribution in [0.25, 0.3) is 0 Å². The van der Waals surface area contributed by atoms with E-state index in [-0.39, 0.29) is 10.7 Å². The van der Waals surface area contributed by atoms with E-state index in [9.17, 15) is 19.7 Å². The van der Waals surface area contributed by atoms with Gasteiger partial charge in [0, 0.05) is 28.2 Å². The minimum atomic E-state index is -1.80. The molecule has 30 heavy (non-hydrogen) atoms. The number of rotatable bonds is 2. The lowest BCUT2D eigenvalue weighted by molar-refractivity contribution is -0.578. The van der Waals surface area contributed by atoms with Crippen molar-refractivity contribution in [3.05, 3.63) is 105 Å². The lowest BCUT2D eigenvalue weighted by Gasteiger charge is -2.48. The van der Waals surface area contributed by atoms with Crippen LogP contribution in [0, 0.1) is 22.0 Å². The van der Waals surface area contributed by atoms with Gasteiger partial charge in [0.15, 0.2) is 0 Å². The molecule has 3 aromatic rings. The number of aromatic nitrogens is 1. The molecule has 7 rings (SSSR count). The smallest absolute Gasteiger partial charge is 0.274 e. The molecule has 1 saturated heterocycles. The normalized spacial score (nSPS) is 28.1. The summed E-state index contributed by atoms with van der Waals surface area (Å²) in [6.45, 7) is 0. The van der Waals surface area contributed by atoms with Crippen LogP contribution in [0.2, 0.25) is 0 Å². The van der Waals surface area contributed by atoms with Crippen molar-refractivity contribution in [2.45, 2.75) is 11.5 Å². The molecule has 0 radical (unpaired) electrons. The monoisotopic (exact) mass is 397 g/mol. The summed E-state index contributed by atoms with van der Waals surface area (Å²) >= 11 is 0. The van der Waals surface area contributed by atoms with Crippen molar-refractivity contribution in [2.24, 2.45) is 11.8 Å². The van der Waals surface area contributed by atoms with Crippen LogP contribution in [0.4, 0.5) is 5.82 Å². The Bertz CT molecular complexity index is 1210. The number of hydrogen-bond donors (Lipinski definition) is 0. The third kappa shape index (κ3) is 1.74. The predicted molar refractivity (Wildman–Crippen MR) is 106 cm³/mol. The third-order valence-electron chi connectivity index (χ3n) is 6.74. The minimum absolute atomic E-state index is 0.202. The summed E-state index contributed by atoms with van der Waals surface area (Å²) in [5.74, 6) is -3.15. The van der Waals surface area contributed by atoms with Gasteiger partial charge in [-0.25, -0.2) is 9.88 Å². The van der Waals surface area contributed by atoms with E-state index in [4.69, 9.17) is 0 Å². The molecule has 0 N–H and O–H groups in total. The molecule has 1 fully saturated rings. The Morgan fingerprint density at radius 1 is 0.867 bits per heavy atom. The van der Waals surface area contributed by atoms with E-state index in [1.165, 1.54) is 6.20 Å². The van der Waals surface area contributed by atoms with E-state index in [2.05, 4.69) is 4.98 Å². The van der Waals surface area contributed by atoms with Gasteiger partial charge in [-0.05, 0) is 23.3 Å². The molecule has 146 valence electrons. The molecule has 2 bridgehead atoms. The van der Waals surface area contributed by atoms with Crippen LogP contribution >= 0.6 is 0 Å². The third-order valence-corrected chi connectivity index (χ3v) is 6.74. The quantitative estimate of drug-likeness (QED) is 0.377. The number of amides is 2. The predicted octanol–water partition coefficient (Wildman–Crippen LogP) is 2.87. The van der Waals surface area contributed by atoms with Crippen molar-refractivity contribution in [3.8, 4) is 0 Å². The van der Waals surface area contributed by atoms with Crippen LogP contribution < -0.4 is 4.90 Å². The van der Waals surface area contributed by atoms with Gasteiger partial charge in [0.25, 0.3) is 5.54 Å². The van der Waals surface area contributed by atoms with Crippen LogP contribution in [0.3, 0.4) is 0 Å². The molecular formula is C23H15N3O4. The summed E-state index contributed by atoms with van der Waals surface area (Å²) in [4.78, 5) is 44.8. The highest BCUT2D eigenvalue weighted by molar-refractivity contribution is 6.23. The van der Waals surface area contributed by atoms with Crippen LogP contribution in [0.15, 0.2) is 72.9 Å². The lowest BCUT2D eigenvalue weighted by Crippen LogP contribution is -2.57. The van der Waals surface area contributed by atoms with Gasteiger partial charge in [0.1, 0.15) is 11.7 Å². The van der Waals surface area contributed by atoms with Crippen LogP contribution in [-0.4, -0.2) is 21.7 Å². The Morgan fingerprint density at radius 2 is 1.47 bits per heavy atom. The van der Waals surface area contributed by atoms with E-state index >= 15 is 0 Å². The molecule has 1 aromatic heterocycles. The molecule has 0 unspecified atom stereocenters. The summed E-state index contributed by atoms with van der Waals surface area (Å²) < 4.78 is 0. The maximum Gasteiger partial charge on any atom is 0.285 e. The van der Waals surface area contributed by atoms with Crippen molar-refractivity contribution in [1.82, 2.24) is 4.98 Å². The molecule has 2 heterocycles. The SMILES string of the molecule is O=C1[C@H]2C3c4ccccc4C([N+](=O)[O-])(c4ccccc43)[C@H]2C(=O)N1c1ccccn1. The Labute approximate surface area is 171 Å². The molecule has 4 aliphatic rings. The Morgan fingerprint density at radius 3 is 2.03 bits per heavy atom. The number of nitro groups is 1. The summed E-state index contributed by atoms with van der Waals surface area (Å²) in [5.41, 5.74) is 0.701. The number of pyridine rings is 1. The fourth-order valence-electron chi connectivity index (χ4n) is 5.75. The lowest BCUT2D eigenvalue weighted by atomic mass is 9.51. The summed E-state index contributed by atoms with van der Waals surface area (Å²) in [6.07, 6.45) is 1.50. The first-order valence-corrected chi connectivity index (χ1v) is 9.70. The van der Waals surface area contributed by atoms with Gasteiger partial charge in [0.2, 0.25) is 11.8 Å². The fraction of sp³-hybridized carbons (Fsp3) is 0.174. The minimum Gasteiger partial charge on any atom is -0.274 e. The second-order valence-corrected chi connectivity index (χ2v) is 7.88. The first-order valence-electron chi connectivity index (χ1n) is 9.70. The number of hydrogen-bond acceptors (Lipinski definition) is 5. The highest BCUT2D eigenvalue weighted by Crippen LogP contribution is 2.64. The fourth-order valence-corrected chi connectivity index (χ4v) is 5.75. The van der Waals surface area contributed by atoms with Gasteiger partial charge in [-0.15, -0.1) is 0 Å². The van der Waals surface area contributed by atoms with Gasteiger partial charge < -0.3 is 0 Å². The number of imide groups is 1. The molecule has 0 saturated carbocycles. The molecule has 7 heteroatoms. The van der Waals surface area contributed by atoms with E-state index in [1.54, 1.807) is 42.5 Å². The molecule has 2 atom stereocenters. The zero-order valence-corrected chi connectivity index (χ0v) is 15.6. The molecular weight excluding hydrogens is 382 g/mol. The number of carbonyl (C=O) groups excluding carboxylic acids is 2. The van der Waals surface area contributed by atoms with E-state index < -0.39 is 35.1 Å². The van der Waals surface area contributed by atoms with Crippen molar-refractivity contribution in [2.75, 3.05) is 4.90 Å². The largest absolute Gasteiger partial charge is 0.285 e. The average Bonchev–Trinajstić information content (AvgIpc) is 3.05. The van der Waals surface area contributed by atoms with E-state index in [1.807, 2.05) is 24.3 Å². The van der Waals surface area contributed by atoms with Gasteiger partial charge in [-0.2, -0.15) is 0 Å². The maximum absolute atomic E-state index is 13.6. The first-order chi connectivity index (χ1) is 14.6. The summed E-state index contributed by atoms with van der Waals surface area (Å²) in [7, 11) is 0. The van der Waals surface area contributed by atoms with E-state index in [0.29, 0.717) is 11.1 Å². The van der Waals surface area contributed by atoms with Gasteiger partial charge in [-0.3, -0.25) is 19.7 Å². The molecule has 0 spiro atoms. The summed E-state index contributed by atoms with van der Waals surface area (Å²) in [5, 5.41) is 12.8. The first kappa shape index (κ1) is 17.0. The topological polar surface area (TPSA) is 93.4 Å². The Balaban J connectivity index is 1.70. The van der Waals surface area contributed by atoms with E-state index in [0.717, 1.165) is 16.0 Å². The van der Waals surface area contributed by atoms with Gasteiger partial charge >= 0.3 is 0 Å². The molecule has 7 nitrogen and oxygen atoms in total. The Kier molecular flexibility index (Phi) is 3.18. The Hall–Kier alpha value is -3.87. The maximum atomic E-state index is 13.6. The van der Waals surface area contributed by atoms with Crippen LogP contribution in [0.5, 0.6) is 0 Å². The van der Waals surface area contributed by atoms with Crippen molar-refractivity contribution in [1.29, 1.82) is 0 Å². The highest BCUT2D eigenvalue weighted by Gasteiger charge is 2.75. The van der Waals surface area contributed by atoms with Crippen LogP contribution in [-0.2, 0) is 15.1 Å². The molecule has 3 aliphatic carbocycles. The molecule has 2 amide bonds. The number of anilines is 1. The number of benzene rings is 2. The zero-order valence-electron chi connectivity index (χ0n) is 15.6. The molecule has 2 aromatic carbocycles. The standard InChI is InChI=1S/C23H15N3O4/c27-21-19-18-13-7-1-3-9-15(13)23(26(29)30,16-10-4-2-8-14(16)18)20(19)22(28)25(21)17-11-5-6-12-24-17/h1-12,18-20H/t18?,19-,20+,23?/m0/s1.